The van der Waals surface area contributed by atoms with Gasteiger partial charge < -0.3 is 10.1 Å². The molecule has 0 bridgehead atoms. The zero-order chi connectivity index (χ0) is 12.3. The molecule has 0 amide bonds. The van der Waals surface area contributed by atoms with E-state index in [-0.39, 0.29) is 0 Å². The van der Waals surface area contributed by atoms with Crippen LogP contribution in [0.5, 0.6) is 0 Å². The highest BCUT2D eigenvalue weighted by Gasteiger charge is 2.16. The third-order valence-corrected chi connectivity index (χ3v) is 3.57. The van der Waals surface area contributed by atoms with Crippen LogP contribution in [0.2, 0.25) is 0 Å². The maximum atomic E-state index is 5.37. The van der Waals surface area contributed by atoms with E-state index in [4.69, 9.17) is 4.74 Å². The summed E-state index contributed by atoms with van der Waals surface area (Å²) < 4.78 is 7.26. The summed E-state index contributed by atoms with van der Waals surface area (Å²) in [6, 6.07) is 0.381. The number of ether oxygens (including phenoxy) is 1. The molecule has 96 valence electrons. The van der Waals surface area contributed by atoms with E-state index in [1.165, 1.54) is 18.4 Å². The molecular weight excluding hydrogens is 214 g/mol. The lowest BCUT2D eigenvalue weighted by atomic mass is 9.99. The molecule has 0 saturated carbocycles. The minimum atomic E-state index is 0.381. The molecule has 1 fully saturated rings. The van der Waals surface area contributed by atoms with Crippen LogP contribution in [-0.4, -0.2) is 29.5 Å². The second-order valence-corrected chi connectivity index (χ2v) is 5.03. The highest BCUT2D eigenvalue weighted by Crippen LogP contribution is 2.18. The molecule has 0 radical (unpaired) electrons. The molecule has 2 rings (SSSR count). The monoisotopic (exact) mass is 237 g/mol. The van der Waals surface area contributed by atoms with Crippen molar-refractivity contribution in [1.29, 1.82) is 0 Å². The Morgan fingerprint density at radius 1 is 1.53 bits per heavy atom. The Morgan fingerprint density at radius 2 is 2.24 bits per heavy atom. The van der Waals surface area contributed by atoms with Crippen molar-refractivity contribution in [3.63, 3.8) is 0 Å². The topological polar surface area (TPSA) is 39.1 Å². The van der Waals surface area contributed by atoms with Crippen LogP contribution < -0.4 is 5.32 Å². The van der Waals surface area contributed by atoms with Crippen LogP contribution >= 0.6 is 0 Å². The summed E-state index contributed by atoms with van der Waals surface area (Å²) >= 11 is 0. The number of hydrogen-bond acceptors (Lipinski definition) is 3. The predicted octanol–water partition coefficient (Wildman–Crippen LogP) is 1.81. The van der Waals surface area contributed by atoms with Crippen LogP contribution in [0.1, 0.15) is 37.1 Å². The first-order valence-electron chi connectivity index (χ1n) is 6.48. The standard InChI is InChI=1S/C13H23N3O/c1-10(13-9-16(3)15-11(13)2)14-8-12-4-6-17-7-5-12/h9-10,12,14H,4-8H2,1-3H3. The number of hydrogen-bond donors (Lipinski definition) is 1. The first-order valence-corrected chi connectivity index (χ1v) is 6.48. The molecule has 17 heavy (non-hydrogen) atoms. The molecule has 0 spiro atoms. The van der Waals surface area contributed by atoms with Gasteiger partial charge in [-0.05, 0) is 39.2 Å². The van der Waals surface area contributed by atoms with Crippen molar-refractivity contribution in [1.82, 2.24) is 15.1 Å². The van der Waals surface area contributed by atoms with Gasteiger partial charge in [-0.3, -0.25) is 4.68 Å². The summed E-state index contributed by atoms with van der Waals surface area (Å²) in [5.41, 5.74) is 2.43. The summed E-state index contributed by atoms with van der Waals surface area (Å²) in [5, 5.41) is 8.00. The van der Waals surface area contributed by atoms with E-state index in [1.54, 1.807) is 0 Å². The van der Waals surface area contributed by atoms with Crippen LogP contribution in [0.25, 0.3) is 0 Å². The molecule has 2 heterocycles. The Hall–Kier alpha value is -0.870. The van der Waals surface area contributed by atoms with Gasteiger partial charge in [-0.1, -0.05) is 0 Å². The van der Waals surface area contributed by atoms with Gasteiger partial charge in [0.15, 0.2) is 0 Å². The average molecular weight is 237 g/mol. The van der Waals surface area contributed by atoms with Gasteiger partial charge in [0.1, 0.15) is 0 Å². The van der Waals surface area contributed by atoms with Crippen molar-refractivity contribution in [3.05, 3.63) is 17.5 Å². The Kier molecular flexibility index (Phi) is 4.18. The van der Waals surface area contributed by atoms with Gasteiger partial charge in [-0.2, -0.15) is 5.10 Å². The van der Waals surface area contributed by atoms with E-state index in [9.17, 15) is 0 Å². The van der Waals surface area contributed by atoms with E-state index in [0.717, 1.165) is 31.4 Å². The normalized spacial score (nSPS) is 19.5. The zero-order valence-electron chi connectivity index (χ0n) is 11.1. The Bertz CT molecular complexity index is 356. The molecule has 1 aromatic rings. The molecule has 1 saturated heterocycles. The zero-order valence-corrected chi connectivity index (χ0v) is 11.1. The van der Waals surface area contributed by atoms with E-state index in [1.807, 2.05) is 11.7 Å². The van der Waals surface area contributed by atoms with Gasteiger partial charge in [0.2, 0.25) is 0 Å². The lowest BCUT2D eigenvalue weighted by Gasteiger charge is -2.24. The van der Waals surface area contributed by atoms with Gasteiger partial charge in [-0.15, -0.1) is 0 Å². The molecule has 0 aliphatic carbocycles. The minimum Gasteiger partial charge on any atom is -0.381 e. The number of aromatic nitrogens is 2. The third-order valence-electron chi connectivity index (χ3n) is 3.57. The Morgan fingerprint density at radius 3 is 2.82 bits per heavy atom. The molecule has 4 heteroatoms. The van der Waals surface area contributed by atoms with Crippen molar-refractivity contribution in [2.45, 2.75) is 32.7 Å². The third kappa shape index (κ3) is 3.30. The van der Waals surface area contributed by atoms with Gasteiger partial charge in [-0.25, -0.2) is 0 Å². The summed E-state index contributed by atoms with van der Waals surface area (Å²) in [6.07, 6.45) is 4.48. The number of nitrogens with one attached hydrogen (secondary N) is 1. The van der Waals surface area contributed by atoms with Crippen LogP contribution in [0.4, 0.5) is 0 Å². The van der Waals surface area contributed by atoms with Crippen molar-refractivity contribution < 1.29 is 4.74 Å². The van der Waals surface area contributed by atoms with Crippen LogP contribution in [0, 0.1) is 12.8 Å². The lowest BCUT2D eigenvalue weighted by Crippen LogP contribution is -2.29. The molecule has 1 N–H and O–H groups in total. The van der Waals surface area contributed by atoms with Crippen molar-refractivity contribution in [2.24, 2.45) is 13.0 Å². The van der Waals surface area contributed by atoms with E-state index < -0.39 is 0 Å². The van der Waals surface area contributed by atoms with E-state index in [2.05, 4.69) is 30.5 Å². The van der Waals surface area contributed by atoms with E-state index >= 15 is 0 Å². The Balaban J connectivity index is 1.84. The first-order chi connectivity index (χ1) is 8.16. The van der Waals surface area contributed by atoms with Crippen molar-refractivity contribution in [3.8, 4) is 0 Å². The van der Waals surface area contributed by atoms with Crippen LogP contribution in [0.15, 0.2) is 6.20 Å². The number of aryl methyl sites for hydroxylation is 2. The lowest BCUT2D eigenvalue weighted by molar-refractivity contribution is 0.0656. The van der Waals surface area contributed by atoms with Gasteiger partial charge in [0, 0.05) is 38.1 Å². The highest BCUT2D eigenvalue weighted by atomic mass is 16.5. The largest absolute Gasteiger partial charge is 0.381 e. The molecule has 0 aromatic carbocycles. The number of rotatable bonds is 4. The summed E-state index contributed by atoms with van der Waals surface area (Å²) in [6.45, 7) is 7.21. The quantitative estimate of drug-likeness (QED) is 0.868. The predicted molar refractivity (Wildman–Crippen MR) is 67.9 cm³/mol. The van der Waals surface area contributed by atoms with Gasteiger partial charge in [0.25, 0.3) is 0 Å². The molecule has 1 atom stereocenters. The minimum absolute atomic E-state index is 0.381. The van der Waals surface area contributed by atoms with Crippen molar-refractivity contribution in [2.75, 3.05) is 19.8 Å². The molecule has 1 aromatic heterocycles. The smallest absolute Gasteiger partial charge is 0.0641 e. The van der Waals surface area contributed by atoms with Crippen molar-refractivity contribution >= 4 is 0 Å². The fraction of sp³-hybridized carbons (Fsp3) is 0.769. The second kappa shape index (κ2) is 5.65. The van der Waals surface area contributed by atoms with Gasteiger partial charge >= 0.3 is 0 Å². The average Bonchev–Trinajstić information content (AvgIpc) is 2.67. The fourth-order valence-corrected chi connectivity index (χ4v) is 2.45. The maximum absolute atomic E-state index is 5.37. The van der Waals surface area contributed by atoms with Crippen LogP contribution in [-0.2, 0) is 11.8 Å². The molecular formula is C13H23N3O. The van der Waals surface area contributed by atoms with Crippen LogP contribution in [0.3, 0.4) is 0 Å². The fourth-order valence-electron chi connectivity index (χ4n) is 2.45. The molecule has 4 nitrogen and oxygen atoms in total. The SMILES string of the molecule is Cc1nn(C)cc1C(C)NCC1CCOCC1. The molecule has 1 aliphatic heterocycles. The highest BCUT2D eigenvalue weighted by molar-refractivity contribution is 5.19. The summed E-state index contributed by atoms with van der Waals surface area (Å²) in [7, 11) is 1.97. The molecule has 1 unspecified atom stereocenters. The van der Waals surface area contributed by atoms with E-state index in [0.29, 0.717) is 6.04 Å². The Labute approximate surface area is 103 Å². The first kappa shape index (κ1) is 12.6. The van der Waals surface area contributed by atoms with Gasteiger partial charge in [0.05, 0.1) is 5.69 Å². The summed E-state index contributed by atoms with van der Waals surface area (Å²) in [5.74, 6) is 0.767. The summed E-state index contributed by atoms with van der Waals surface area (Å²) in [4.78, 5) is 0. The maximum Gasteiger partial charge on any atom is 0.0641 e. The molecule has 1 aliphatic rings. The second-order valence-electron chi connectivity index (χ2n) is 5.03. The number of nitrogens with zero attached hydrogens (tertiary/aromatic N) is 2.